The van der Waals surface area contributed by atoms with Crippen molar-refractivity contribution in [3.05, 3.63) is 64.4 Å². The number of nitrogens with one attached hydrogen (secondary N) is 2. The van der Waals surface area contributed by atoms with Gasteiger partial charge in [-0.15, -0.1) is 10.2 Å². The molecule has 8 nitrogen and oxygen atoms in total. The Morgan fingerprint density at radius 1 is 1.12 bits per heavy atom. The first-order chi connectivity index (χ1) is 15.5. The van der Waals surface area contributed by atoms with Crippen LogP contribution in [0, 0.1) is 5.82 Å². The van der Waals surface area contributed by atoms with E-state index in [1.54, 1.807) is 24.1 Å². The molecular formula is C22H22FN5O3S. The highest BCUT2D eigenvalue weighted by molar-refractivity contribution is 7.13. The van der Waals surface area contributed by atoms with E-state index in [-0.39, 0.29) is 22.8 Å². The van der Waals surface area contributed by atoms with Gasteiger partial charge in [-0.2, -0.15) is 0 Å². The van der Waals surface area contributed by atoms with Crippen molar-refractivity contribution in [2.75, 3.05) is 30.8 Å². The lowest BCUT2D eigenvalue weighted by Gasteiger charge is -2.31. The van der Waals surface area contributed by atoms with Crippen LogP contribution in [0.2, 0.25) is 0 Å². The number of aromatic nitrogens is 2. The fraction of sp³-hybridized carbons (Fsp3) is 0.273. The Labute approximate surface area is 188 Å². The molecule has 0 aliphatic carbocycles. The Morgan fingerprint density at radius 3 is 2.72 bits per heavy atom. The number of anilines is 2. The number of likely N-dealkylation sites (tertiary alicyclic amines) is 1. The number of amides is 3. The molecule has 166 valence electrons. The normalized spacial score (nSPS) is 15.8. The third kappa shape index (κ3) is 5.20. The van der Waals surface area contributed by atoms with Crippen molar-refractivity contribution in [3.8, 4) is 5.75 Å². The number of methoxy groups -OCH3 is 1. The number of halogens is 1. The lowest BCUT2D eigenvalue weighted by atomic mass is 9.99. The number of nitrogens with zero attached hydrogens (tertiary/aromatic N) is 3. The molecule has 0 radical (unpaired) electrons. The van der Waals surface area contributed by atoms with E-state index in [1.807, 2.05) is 12.1 Å². The average Bonchev–Trinajstić information content (AvgIpc) is 3.31. The Kier molecular flexibility index (Phi) is 6.60. The van der Waals surface area contributed by atoms with Crippen LogP contribution < -0.4 is 15.4 Å². The molecule has 3 amide bonds. The highest BCUT2D eigenvalue weighted by Crippen LogP contribution is 2.30. The molecule has 1 aliphatic rings. The van der Waals surface area contributed by atoms with Gasteiger partial charge in [-0.3, -0.25) is 4.79 Å². The highest BCUT2D eigenvalue weighted by Gasteiger charge is 2.28. The van der Waals surface area contributed by atoms with Gasteiger partial charge in [0.25, 0.3) is 5.91 Å². The molecule has 0 saturated carbocycles. The largest absolute Gasteiger partial charge is 0.497 e. The van der Waals surface area contributed by atoms with Crippen molar-refractivity contribution in [1.29, 1.82) is 0 Å². The van der Waals surface area contributed by atoms with Gasteiger partial charge < -0.3 is 20.3 Å². The third-order valence-corrected chi connectivity index (χ3v) is 6.20. The van der Waals surface area contributed by atoms with E-state index in [2.05, 4.69) is 20.8 Å². The summed E-state index contributed by atoms with van der Waals surface area (Å²) in [7, 11) is 1.58. The number of rotatable bonds is 5. The molecule has 3 aromatic rings. The van der Waals surface area contributed by atoms with E-state index in [9.17, 15) is 14.0 Å². The summed E-state index contributed by atoms with van der Waals surface area (Å²) in [5, 5.41) is 14.7. The zero-order chi connectivity index (χ0) is 22.5. The predicted molar refractivity (Wildman–Crippen MR) is 120 cm³/mol. The van der Waals surface area contributed by atoms with Gasteiger partial charge in [0.2, 0.25) is 5.01 Å². The van der Waals surface area contributed by atoms with Crippen LogP contribution in [0.25, 0.3) is 0 Å². The maximum atomic E-state index is 13.0. The monoisotopic (exact) mass is 455 g/mol. The van der Waals surface area contributed by atoms with Gasteiger partial charge in [-0.1, -0.05) is 17.4 Å². The van der Waals surface area contributed by atoms with Crippen LogP contribution in [0.1, 0.15) is 33.6 Å². The van der Waals surface area contributed by atoms with Crippen molar-refractivity contribution in [3.63, 3.8) is 0 Å². The molecular weight excluding hydrogens is 433 g/mol. The molecule has 32 heavy (non-hydrogen) atoms. The van der Waals surface area contributed by atoms with Gasteiger partial charge in [0, 0.05) is 36.4 Å². The fourth-order valence-electron chi connectivity index (χ4n) is 3.48. The zero-order valence-corrected chi connectivity index (χ0v) is 18.2. The summed E-state index contributed by atoms with van der Waals surface area (Å²) in [6, 6.07) is 12.5. The predicted octanol–water partition coefficient (Wildman–Crippen LogP) is 4.35. The first kappa shape index (κ1) is 21.7. The Balaban J connectivity index is 1.38. The highest BCUT2D eigenvalue weighted by atomic mass is 32.1. The van der Waals surface area contributed by atoms with Gasteiger partial charge in [0.05, 0.1) is 7.11 Å². The number of piperidine rings is 1. The van der Waals surface area contributed by atoms with Crippen LogP contribution in [0.4, 0.5) is 20.6 Å². The van der Waals surface area contributed by atoms with Gasteiger partial charge in [-0.25, -0.2) is 9.18 Å². The second-order valence-corrected chi connectivity index (χ2v) is 8.36. The molecule has 0 bridgehead atoms. The summed E-state index contributed by atoms with van der Waals surface area (Å²) < 4.78 is 18.2. The summed E-state index contributed by atoms with van der Waals surface area (Å²) in [6.45, 7) is 1.13. The van der Waals surface area contributed by atoms with E-state index in [4.69, 9.17) is 4.74 Å². The molecule has 2 N–H and O–H groups in total. The number of benzene rings is 2. The molecule has 2 aromatic carbocycles. The summed E-state index contributed by atoms with van der Waals surface area (Å²) in [6.07, 6.45) is 1.68. The van der Waals surface area contributed by atoms with Gasteiger partial charge in [-0.05, 0) is 49.2 Å². The topological polar surface area (TPSA) is 96.4 Å². The second-order valence-electron chi connectivity index (χ2n) is 7.35. The SMILES string of the molecule is COc1cccc(NC(=O)N2CCC[C@@H](c3nnc(C(=O)Nc4ccc(F)cc4)s3)C2)c1. The lowest BCUT2D eigenvalue weighted by molar-refractivity contribution is 0.102. The molecule has 1 aliphatic heterocycles. The van der Waals surface area contributed by atoms with E-state index >= 15 is 0 Å². The Bertz CT molecular complexity index is 1100. The minimum absolute atomic E-state index is 0.00433. The van der Waals surface area contributed by atoms with Crippen molar-refractivity contribution in [1.82, 2.24) is 15.1 Å². The maximum absolute atomic E-state index is 13.0. The van der Waals surface area contributed by atoms with Crippen molar-refractivity contribution >= 4 is 34.6 Å². The lowest BCUT2D eigenvalue weighted by Crippen LogP contribution is -2.41. The minimum atomic E-state index is -0.399. The van der Waals surface area contributed by atoms with Crippen LogP contribution in [-0.4, -0.2) is 47.2 Å². The summed E-state index contributed by atoms with van der Waals surface area (Å²) in [4.78, 5) is 26.9. The first-order valence-electron chi connectivity index (χ1n) is 10.1. The van der Waals surface area contributed by atoms with Crippen molar-refractivity contribution in [2.45, 2.75) is 18.8 Å². The molecule has 4 rings (SSSR count). The summed E-state index contributed by atoms with van der Waals surface area (Å²) in [5.74, 6) is -0.105. The molecule has 1 aromatic heterocycles. The molecule has 0 spiro atoms. The quantitative estimate of drug-likeness (QED) is 0.596. The Morgan fingerprint density at radius 2 is 1.94 bits per heavy atom. The van der Waals surface area contributed by atoms with E-state index in [0.717, 1.165) is 12.8 Å². The number of carbonyl (C=O) groups is 2. The number of hydrogen-bond acceptors (Lipinski definition) is 6. The number of carbonyl (C=O) groups excluding carboxylic acids is 2. The number of hydrogen-bond donors (Lipinski definition) is 2. The van der Waals surface area contributed by atoms with Crippen molar-refractivity contribution in [2.24, 2.45) is 0 Å². The van der Waals surface area contributed by atoms with Crippen LogP contribution >= 0.6 is 11.3 Å². The summed E-state index contributed by atoms with van der Waals surface area (Å²) in [5.41, 5.74) is 1.14. The van der Waals surface area contributed by atoms with Crippen LogP contribution in [0.5, 0.6) is 5.75 Å². The minimum Gasteiger partial charge on any atom is -0.497 e. The number of urea groups is 1. The molecule has 10 heteroatoms. The zero-order valence-electron chi connectivity index (χ0n) is 17.4. The molecule has 0 unspecified atom stereocenters. The van der Waals surface area contributed by atoms with E-state index in [0.29, 0.717) is 35.2 Å². The third-order valence-electron chi connectivity index (χ3n) is 5.12. The maximum Gasteiger partial charge on any atom is 0.321 e. The Hall–Kier alpha value is -3.53. The summed E-state index contributed by atoms with van der Waals surface area (Å²) >= 11 is 1.21. The second kappa shape index (κ2) is 9.73. The molecule has 2 heterocycles. The average molecular weight is 456 g/mol. The molecule has 1 saturated heterocycles. The van der Waals surface area contributed by atoms with Crippen molar-refractivity contribution < 1.29 is 18.7 Å². The van der Waals surface area contributed by atoms with Gasteiger partial charge in [0.1, 0.15) is 16.6 Å². The van der Waals surface area contributed by atoms with Crippen LogP contribution in [-0.2, 0) is 0 Å². The fourth-order valence-corrected chi connectivity index (χ4v) is 4.34. The first-order valence-corrected chi connectivity index (χ1v) is 10.9. The van der Waals surface area contributed by atoms with Crippen LogP contribution in [0.3, 0.4) is 0 Å². The van der Waals surface area contributed by atoms with Crippen LogP contribution in [0.15, 0.2) is 48.5 Å². The van der Waals surface area contributed by atoms with Gasteiger partial charge in [0.15, 0.2) is 0 Å². The van der Waals surface area contributed by atoms with Gasteiger partial charge >= 0.3 is 6.03 Å². The smallest absolute Gasteiger partial charge is 0.321 e. The molecule has 1 fully saturated rings. The van der Waals surface area contributed by atoms with E-state index in [1.165, 1.54) is 35.6 Å². The standard InChI is InChI=1S/C22H22FN5O3S/c1-31-18-6-2-5-17(12-18)25-22(30)28-11-3-4-14(13-28)20-26-27-21(32-20)19(29)24-16-9-7-15(23)8-10-16/h2,5-10,12,14H,3-4,11,13H2,1H3,(H,24,29)(H,25,30)/t14-/m1/s1. The van der Waals surface area contributed by atoms with E-state index < -0.39 is 5.91 Å². The number of ether oxygens (including phenoxy) is 1. The molecule has 1 atom stereocenters.